The van der Waals surface area contributed by atoms with Crippen molar-refractivity contribution in [2.24, 2.45) is 0 Å². The minimum Gasteiger partial charge on any atom is -0.497 e. The Hall–Kier alpha value is -2.00. The van der Waals surface area contributed by atoms with E-state index in [4.69, 9.17) is 10.5 Å². The topological polar surface area (TPSA) is 38.5 Å². The Bertz CT molecular complexity index is 537. The lowest BCUT2D eigenvalue weighted by molar-refractivity contribution is 0.271. The molecule has 0 spiro atoms. The van der Waals surface area contributed by atoms with E-state index in [0.717, 1.165) is 31.1 Å². The van der Waals surface area contributed by atoms with Gasteiger partial charge in [-0.2, -0.15) is 0 Å². The first-order chi connectivity index (χ1) is 9.71. The van der Waals surface area contributed by atoms with Crippen molar-refractivity contribution in [3.8, 4) is 5.75 Å². The van der Waals surface area contributed by atoms with E-state index in [1.165, 1.54) is 11.1 Å². The zero-order valence-corrected chi connectivity index (χ0v) is 12.2. The summed E-state index contributed by atoms with van der Waals surface area (Å²) in [4.78, 5) is 2.39. The maximum atomic E-state index is 5.72. The predicted octanol–water partition coefficient (Wildman–Crippen LogP) is 3.30. The van der Waals surface area contributed by atoms with Crippen LogP contribution in [0.3, 0.4) is 0 Å². The summed E-state index contributed by atoms with van der Waals surface area (Å²) in [7, 11) is 1.70. The van der Waals surface area contributed by atoms with E-state index in [9.17, 15) is 0 Å². The van der Waals surface area contributed by atoms with Gasteiger partial charge < -0.3 is 10.5 Å². The molecule has 106 valence electrons. The van der Waals surface area contributed by atoms with Crippen molar-refractivity contribution in [2.75, 3.05) is 19.4 Å². The predicted molar refractivity (Wildman–Crippen MR) is 83.6 cm³/mol. The Morgan fingerprint density at radius 2 is 1.70 bits per heavy atom. The average Bonchev–Trinajstić information content (AvgIpc) is 2.49. The minimum atomic E-state index is 0.810. The van der Waals surface area contributed by atoms with Gasteiger partial charge in [-0.15, -0.1) is 0 Å². The number of nitrogens with two attached hydrogens (primary N) is 1. The van der Waals surface area contributed by atoms with E-state index >= 15 is 0 Å². The molecule has 2 aromatic carbocycles. The highest BCUT2D eigenvalue weighted by molar-refractivity contribution is 5.39. The SMILES string of the molecule is CCN(Cc1ccc(N)cc1)Cc1cccc(OC)c1. The molecular weight excluding hydrogens is 248 g/mol. The molecule has 0 aliphatic rings. The van der Waals surface area contributed by atoms with E-state index in [1.54, 1.807) is 7.11 Å². The van der Waals surface area contributed by atoms with Crippen molar-refractivity contribution < 1.29 is 4.74 Å². The molecule has 0 heterocycles. The van der Waals surface area contributed by atoms with Crippen molar-refractivity contribution in [1.29, 1.82) is 0 Å². The zero-order chi connectivity index (χ0) is 14.4. The van der Waals surface area contributed by atoms with E-state index in [-0.39, 0.29) is 0 Å². The highest BCUT2D eigenvalue weighted by Gasteiger charge is 2.06. The van der Waals surface area contributed by atoms with Gasteiger partial charge in [-0.25, -0.2) is 0 Å². The van der Waals surface area contributed by atoms with Crippen LogP contribution in [0.25, 0.3) is 0 Å². The Morgan fingerprint density at radius 1 is 1.00 bits per heavy atom. The zero-order valence-electron chi connectivity index (χ0n) is 12.2. The molecular formula is C17H22N2O. The summed E-state index contributed by atoms with van der Waals surface area (Å²) < 4.78 is 5.27. The molecule has 20 heavy (non-hydrogen) atoms. The third kappa shape index (κ3) is 4.00. The average molecular weight is 270 g/mol. The number of benzene rings is 2. The van der Waals surface area contributed by atoms with Crippen LogP contribution in [0.2, 0.25) is 0 Å². The standard InChI is InChI=1S/C17H22N2O/c1-3-19(12-14-7-9-16(18)10-8-14)13-15-5-4-6-17(11-15)20-2/h4-11H,3,12-13,18H2,1-2H3. The fourth-order valence-corrected chi connectivity index (χ4v) is 2.19. The molecule has 3 heteroatoms. The molecule has 0 amide bonds. The molecule has 0 atom stereocenters. The largest absolute Gasteiger partial charge is 0.497 e. The van der Waals surface area contributed by atoms with Crippen LogP contribution in [0.1, 0.15) is 18.1 Å². The lowest BCUT2D eigenvalue weighted by atomic mass is 10.1. The maximum absolute atomic E-state index is 5.72. The number of anilines is 1. The quantitative estimate of drug-likeness (QED) is 0.819. The van der Waals surface area contributed by atoms with Gasteiger partial charge in [0.25, 0.3) is 0 Å². The van der Waals surface area contributed by atoms with Crippen molar-refractivity contribution in [3.05, 3.63) is 59.7 Å². The molecule has 0 unspecified atom stereocenters. The second-order valence-electron chi connectivity index (χ2n) is 4.90. The minimum absolute atomic E-state index is 0.810. The van der Waals surface area contributed by atoms with E-state index in [2.05, 4.69) is 36.1 Å². The molecule has 2 N–H and O–H groups in total. The number of rotatable bonds is 6. The monoisotopic (exact) mass is 270 g/mol. The Morgan fingerprint density at radius 3 is 2.35 bits per heavy atom. The van der Waals surface area contributed by atoms with Crippen molar-refractivity contribution in [1.82, 2.24) is 4.90 Å². The smallest absolute Gasteiger partial charge is 0.119 e. The molecule has 2 aromatic rings. The van der Waals surface area contributed by atoms with Crippen LogP contribution in [-0.2, 0) is 13.1 Å². The number of methoxy groups -OCH3 is 1. The molecule has 0 saturated heterocycles. The molecule has 0 radical (unpaired) electrons. The number of nitrogens with zero attached hydrogens (tertiary/aromatic N) is 1. The number of ether oxygens (including phenoxy) is 1. The lowest BCUT2D eigenvalue weighted by Crippen LogP contribution is -2.22. The van der Waals surface area contributed by atoms with Crippen LogP contribution in [0.15, 0.2) is 48.5 Å². The molecule has 0 saturated carbocycles. The third-order valence-corrected chi connectivity index (χ3v) is 3.37. The van der Waals surface area contributed by atoms with Crippen molar-refractivity contribution in [3.63, 3.8) is 0 Å². The van der Waals surface area contributed by atoms with Gasteiger partial charge in [-0.3, -0.25) is 4.90 Å². The molecule has 0 aliphatic carbocycles. The molecule has 0 aromatic heterocycles. The Balaban J connectivity index is 2.02. The van der Waals surface area contributed by atoms with Gasteiger partial charge in [-0.1, -0.05) is 31.2 Å². The fourth-order valence-electron chi connectivity index (χ4n) is 2.19. The Kier molecular flexibility index (Phi) is 5.02. The van der Waals surface area contributed by atoms with E-state index in [1.807, 2.05) is 24.3 Å². The summed E-state index contributed by atoms with van der Waals surface area (Å²) in [6.45, 7) is 5.02. The van der Waals surface area contributed by atoms with Gasteiger partial charge in [0.1, 0.15) is 5.75 Å². The lowest BCUT2D eigenvalue weighted by Gasteiger charge is -2.21. The summed E-state index contributed by atoms with van der Waals surface area (Å²) in [5.41, 5.74) is 9.07. The normalized spacial score (nSPS) is 10.8. The maximum Gasteiger partial charge on any atom is 0.119 e. The number of hydrogen-bond donors (Lipinski definition) is 1. The summed E-state index contributed by atoms with van der Waals surface area (Å²) in [5, 5.41) is 0. The number of hydrogen-bond acceptors (Lipinski definition) is 3. The van der Waals surface area contributed by atoms with Gasteiger partial charge in [0, 0.05) is 18.8 Å². The van der Waals surface area contributed by atoms with Gasteiger partial charge in [0.2, 0.25) is 0 Å². The first-order valence-corrected chi connectivity index (χ1v) is 6.91. The summed E-state index contributed by atoms with van der Waals surface area (Å²) in [5.74, 6) is 0.908. The Labute approximate surface area is 121 Å². The molecule has 3 nitrogen and oxygen atoms in total. The van der Waals surface area contributed by atoms with Gasteiger partial charge in [0.05, 0.1) is 7.11 Å². The second-order valence-corrected chi connectivity index (χ2v) is 4.90. The van der Waals surface area contributed by atoms with E-state index in [0.29, 0.717) is 0 Å². The van der Waals surface area contributed by atoms with Crippen LogP contribution < -0.4 is 10.5 Å². The molecule has 0 aliphatic heterocycles. The number of nitrogen functional groups attached to an aromatic ring is 1. The molecule has 2 rings (SSSR count). The summed E-state index contributed by atoms with van der Waals surface area (Å²) in [6.07, 6.45) is 0. The third-order valence-electron chi connectivity index (χ3n) is 3.37. The van der Waals surface area contributed by atoms with Crippen LogP contribution in [-0.4, -0.2) is 18.6 Å². The van der Waals surface area contributed by atoms with Gasteiger partial charge in [0.15, 0.2) is 0 Å². The van der Waals surface area contributed by atoms with Crippen LogP contribution >= 0.6 is 0 Å². The fraction of sp³-hybridized carbons (Fsp3) is 0.294. The van der Waals surface area contributed by atoms with Crippen LogP contribution in [0.5, 0.6) is 5.75 Å². The summed E-state index contributed by atoms with van der Waals surface area (Å²) in [6, 6.07) is 16.3. The van der Waals surface area contributed by atoms with Crippen molar-refractivity contribution in [2.45, 2.75) is 20.0 Å². The first kappa shape index (κ1) is 14.4. The summed E-state index contributed by atoms with van der Waals surface area (Å²) >= 11 is 0. The highest BCUT2D eigenvalue weighted by atomic mass is 16.5. The molecule has 0 bridgehead atoms. The van der Waals surface area contributed by atoms with Gasteiger partial charge >= 0.3 is 0 Å². The van der Waals surface area contributed by atoms with Crippen molar-refractivity contribution >= 4 is 5.69 Å². The van der Waals surface area contributed by atoms with Gasteiger partial charge in [-0.05, 0) is 41.9 Å². The van der Waals surface area contributed by atoms with Crippen LogP contribution in [0.4, 0.5) is 5.69 Å². The second kappa shape index (κ2) is 6.96. The van der Waals surface area contributed by atoms with E-state index < -0.39 is 0 Å². The highest BCUT2D eigenvalue weighted by Crippen LogP contribution is 2.16. The van der Waals surface area contributed by atoms with Crippen LogP contribution in [0, 0.1) is 0 Å². The first-order valence-electron chi connectivity index (χ1n) is 6.91. The molecule has 0 fully saturated rings.